The smallest absolute Gasteiger partial charge is 0.244 e. The molecule has 0 unspecified atom stereocenters. The van der Waals surface area contributed by atoms with Crippen molar-refractivity contribution in [2.75, 3.05) is 17.1 Å². The summed E-state index contributed by atoms with van der Waals surface area (Å²) in [5, 5.41) is 3.75. The molecule has 0 saturated heterocycles. The van der Waals surface area contributed by atoms with Crippen molar-refractivity contribution < 1.29 is 18.0 Å². The Morgan fingerprint density at radius 3 is 2.20 bits per heavy atom. The lowest BCUT2D eigenvalue weighted by molar-refractivity contribution is -0.140. The number of hydrogen-bond acceptors (Lipinski definition) is 4. The average Bonchev–Trinajstić information content (AvgIpc) is 2.84. The minimum atomic E-state index is -3.84. The van der Waals surface area contributed by atoms with Crippen LogP contribution in [0, 0.1) is 6.92 Å². The summed E-state index contributed by atoms with van der Waals surface area (Å²) in [4.78, 5) is 29.3. The number of carbonyl (C=O) groups excluding carboxylic acids is 2. The number of benzene rings is 3. The zero-order chi connectivity index (χ0) is 29.7. The second-order valence-corrected chi connectivity index (χ2v) is 13.6. The van der Waals surface area contributed by atoms with Gasteiger partial charge >= 0.3 is 0 Å². The van der Waals surface area contributed by atoms with Gasteiger partial charge in [0, 0.05) is 28.5 Å². The number of halogens is 2. The van der Waals surface area contributed by atoms with Gasteiger partial charge in [0.2, 0.25) is 21.8 Å². The third-order valence-electron chi connectivity index (χ3n) is 6.09. The molecular weight excluding hydrogens is 569 g/mol. The van der Waals surface area contributed by atoms with Crippen molar-refractivity contribution in [1.82, 2.24) is 10.2 Å². The van der Waals surface area contributed by atoms with Crippen molar-refractivity contribution >= 4 is 50.7 Å². The van der Waals surface area contributed by atoms with Crippen molar-refractivity contribution in [3.63, 3.8) is 0 Å². The van der Waals surface area contributed by atoms with Crippen LogP contribution in [0.5, 0.6) is 0 Å². The topological polar surface area (TPSA) is 86.8 Å². The number of hydrogen-bond donors (Lipinski definition) is 1. The molecule has 2 amide bonds. The van der Waals surface area contributed by atoms with Crippen LogP contribution in [0.3, 0.4) is 0 Å². The number of amides is 2. The molecule has 3 rings (SSSR count). The van der Waals surface area contributed by atoms with Crippen LogP contribution in [0.4, 0.5) is 5.69 Å². The summed E-state index contributed by atoms with van der Waals surface area (Å²) in [6.45, 7) is 6.88. The van der Waals surface area contributed by atoms with Crippen LogP contribution in [0.2, 0.25) is 10.0 Å². The van der Waals surface area contributed by atoms with E-state index < -0.39 is 34.1 Å². The van der Waals surface area contributed by atoms with Crippen molar-refractivity contribution in [2.45, 2.75) is 52.2 Å². The first-order valence-electron chi connectivity index (χ1n) is 12.8. The lowest BCUT2D eigenvalue weighted by Crippen LogP contribution is -2.56. The van der Waals surface area contributed by atoms with E-state index in [9.17, 15) is 18.0 Å². The molecule has 40 heavy (non-hydrogen) atoms. The van der Waals surface area contributed by atoms with Gasteiger partial charge in [0.25, 0.3) is 0 Å². The minimum Gasteiger partial charge on any atom is -0.350 e. The number of rotatable bonds is 10. The van der Waals surface area contributed by atoms with E-state index in [4.69, 9.17) is 23.2 Å². The van der Waals surface area contributed by atoms with Gasteiger partial charge in [-0.1, -0.05) is 71.7 Å². The number of aryl methyl sites for hydroxylation is 1. The normalized spacial score (nSPS) is 12.5. The molecule has 1 atom stereocenters. The summed E-state index contributed by atoms with van der Waals surface area (Å²) in [6.07, 6.45) is 1.26. The number of carbonyl (C=O) groups is 2. The summed E-state index contributed by atoms with van der Waals surface area (Å²) in [6, 6.07) is 20.2. The molecule has 0 aliphatic carbocycles. The van der Waals surface area contributed by atoms with Gasteiger partial charge in [-0.3, -0.25) is 13.9 Å². The van der Waals surface area contributed by atoms with Crippen LogP contribution in [0.25, 0.3) is 0 Å². The molecule has 1 N–H and O–H groups in total. The maximum Gasteiger partial charge on any atom is 0.244 e. The SMILES string of the molecule is Cc1cccc(N(CC(=O)N(Cc2ccc(Cl)cc2Cl)[C@@H](Cc2ccccc2)C(=O)NC(C)(C)C)S(C)(=O)=O)c1. The van der Waals surface area contributed by atoms with Crippen LogP contribution in [-0.2, 0) is 32.6 Å². The first-order valence-corrected chi connectivity index (χ1v) is 15.4. The van der Waals surface area contributed by atoms with Crippen molar-refractivity contribution in [1.29, 1.82) is 0 Å². The molecule has 0 fully saturated rings. The molecular formula is C30H35Cl2N3O4S. The Balaban J connectivity index is 2.10. The predicted molar refractivity (Wildman–Crippen MR) is 162 cm³/mol. The quantitative estimate of drug-likeness (QED) is 0.326. The number of nitrogens with zero attached hydrogens (tertiary/aromatic N) is 2. The van der Waals surface area contributed by atoms with Gasteiger partial charge < -0.3 is 10.2 Å². The van der Waals surface area contributed by atoms with E-state index in [0.717, 1.165) is 21.7 Å². The second kappa shape index (κ2) is 13.1. The average molecular weight is 605 g/mol. The molecule has 214 valence electrons. The Bertz CT molecular complexity index is 1460. The van der Waals surface area contributed by atoms with Gasteiger partial charge in [-0.15, -0.1) is 0 Å². The number of nitrogens with one attached hydrogen (secondary N) is 1. The maximum absolute atomic E-state index is 14.1. The summed E-state index contributed by atoms with van der Waals surface area (Å²) in [5.74, 6) is -0.917. The Labute approximate surface area is 247 Å². The molecule has 0 aliphatic heterocycles. The van der Waals surface area contributed by atoms with Crippen molar-refractivity contribution in [2.24, 2.45) is 0 Å². The summed E-state index contributed by atoms with van der Waals surface area (Å²) < 4.78 is 26.8. The maximum atomic E-state index is 14.1. The molecule has 3 aromatic rings. The van der Waals surface area contributed by atoms with Gasteiger partial charge in [-0.05, 0) is 68.7 Å². The minimum absolute atomic E-state index is 0.0324. The van der Waals surface area contributed by atoms with Gasteiger partial charge in [-0.25, -0.2) is 8.42 Å². The molecule has 7 nitrogen and oxygen atoms in total. The molecule has 0 radical (unpaired) electrons. The molecule has 0 bridgehead atoms. The molecule has 10 heteroatoms. The lowest BCUT2D eigenvalue weighted by Gasteiger charge is -2.35. The second-order valence-electron chi connectivity index (χ2n) is 10.8. The molecule has 0 saturated carbocycles. The Morgan fingerprint density at radius 2 is 1.62 bits per heavy atom. The van der Waals surface area contributed by atoms with Crippen LogP contribution in [0.15, 0.2) is 72.8 Å². The van der Waals surface area contributed by atoms with E-state index in [1.54, 1.807) is 36.4 Å². The molecule has 0 heterocycles. The molecule has 0 aliphatic rings. The van der Waals surface area contributed by atoms with Gasteiger partial charge in [0.15, 0.2) is 0 Å². The lowest BCUT2D eigenvalue weighted by atomic mass is 10.0. The first-order chi connectivity index (χ1) is 18.6. The third-order valence-corrected chi connectivity index (χ3v) is 7.82. The fraction of sp³-hybridized carbons (Fsp3) is 0.333. The summed E-state index contributed by atoms with van der Waals surface area (Å²) in [5.41, 5.74) is 2.05. The van der Waals surface area contributed by atoms with E-state index in [2.05, 4.69) is 5.32 Å². The van der Waals surface area contributed by atoms with E-state index >= 15 is 0 Å². The van der Waals surface area contributed by atoms with Crippen LogP contribution < -0.4 is 9.62 Å². The van der Waals surface area contributed by atoms with E-state index in [1.165, 1.54) is 4.90 Å². The Morgan fingerprint density at radius 1 is 0.950 bits per heavy atom. The van der Waals surface area contributed by atoms with Crippen LogP contribution >= 0.6 is 23.2 Å². The third kappa shape index (κ3) is 8.98. The van der Waals surface area contributed by atoms with E-state index in [-0.39, 0.29) is 18.9 Å². The zero-order valence-electron chi connectivity index (χ0n) is 23.3. The standard InChI is InChI=1S/C30H35Cl2N3O4S/c1-21-10-9-13-25(16-21)35(40(5,38)39)20-28(36)34(19-23-14-15-24(31)18-26(23)32)27(29(37)33-30(2,3)4)17-22-11-7-6-8-12-22/h6-16,18,27H,17,19-20H2,1-5H3,(H,33,37)/t27-/m0/s1. The first kappa shape index (κ1) is 31.5. The summed E-state index contributed by atoms with van der Waals surface area (Å²) >= 11 is 12.6. The summed E-state index contributed by atoms with van der Waals surface area (Å²) in [7, 11) is -3.84. The fourth-order valence-electron chi connectivity index (χ4n) is 4.24. The monoisotopic (exact) mass is 603 g/mol. The molecule has 3 aromatic carbocycles. The van der Waals surface area contributed by atoms with Crippen molar-refractivity contribution in [3.05, 3.63) is 99.5 Å². The van der Waals surface area contributed by atoms with Gasteiger partial charge in [0.1, 0.15) is 12.6 Å². The van der Waals surface area contributed by atoms with Gasteiger partial charge in [-0.2, -0.15) is 0 Å². The van der Waals surface area contributed by atoms with Crippen molar-refractivity contribution in [3.8, 4) is 0 Å². The Kier molecular flexibility index (Phi) is 10.3. The predicted octanol–water partition coefficient (Wildman–Crippen LogP) is 5.62. The molecule has 0 spiro atoms. The highest BCUT2D eigenvalue weighted by Crippen LogP contribution is 2.25. The fourth-order valence-corrected chi connectivity index (χ4v) is 5.55. The highest BCUT2D eigenvalue weighted by molar-refractivity contribution is 7.92. The van der Waals surface area contributed by atoms with Crippen LogP contribution in [-0.4, -0.2) is 49.5 Å². The highest BCUT2D eigenvalue weighted by atomic mass is 35.5. The largest absolute Gasteiger partial charge is 0.350 e. The number of anilines is 1. The highest BCUT2D eigenvalue weighted by Gasteiger charge is 2.34. The van der Waals surface area contributed by atoms with E-state index in [1.807, 2.05) is 64.1 Å². The number of sulfonamides is 1. The molecule has 0 aromatic heterocycles. The van der Waals surface area contributed by atoms with E-state index in [0.29, 0.717) is 21.3 Å². The Hall–Kier alpha value is -3.07. The zero-order valence-corrected chi connectivity index (χ0v) is 25.6. The van der Waals surface area contributed by atoms with Crippen LogP contribution in [0.1, 0.15) is 37.5 Å². The van der Waals surface area contributed by atoms with Gasteiger partial charge in [0.05, 0.1) is 11.9 Å².